The maximum absolute atomic E-state index is 12.1. The van der Waals surface area contributed by atoms with Gasteiger partial charge in [-0.3, -0.25) is 4.79 Å². The molecule has 2 bridgehead atoms. The summed E-state index contributed by atoms with van der Waals surface area (Å²) in [6.07, 6.45) is 5.72. The number of fused-ring (bicyclic) bond motifs is 2. The summed E-state index contributed by atoms with van der Waals surface area (Å²) in [4.78, 5) is 24.2. The van der Waals surface area contributed by atoms with Crippen LogP contribution in [0.5, 0.6) is 0 Å². The summed E-state index contributed by atoms with van der Waals surface area (Å²) in [6, 6.07) is 1.76. The van der Waals surface area contributed by atoms with Crippen LogP contribution in [0, 0.1) is 17.8 Å². The summed E-state index contributed by atoms with van der Waals surface area (Å²) in [7, 11) is 1.35. The van der Waals surface area contributed by atoms with Crippen molar-refractivity contribution in [1.29, 1.82) is 0 Å². The average Bonchev–Trinajstić information content (AvgIpc) is 3.13. The summed E-state index contributed by atoms with van der Waals surface area (Å²) < 4.78 is 4.71. The number of rotatable bonds is 4. The van der Waals surface area contributed by atoms with Gasteiger partial charge in [-0.15, -0.1) is 11.3 Å². The van der Waals surface area contributed by atoms with Crippen LogP contribution in [0.4, 0.5) is 5.69 Å². The van der Waals surface area contributed by atoms with Gasteiger partial charge >= 0.3 is 5.97 Å². The second kappa shape index (κ2) is 5.56. The molecule has 2 aliphatic carbocycles. The lowest BCUT2D eigenvalue weighted by atomic mass is 9.86. The van der Waals surface area contributed by atoms with E-state index in [0.717, 1.165) is 11.8 Å². The Labute approximate surface area is 122 Å². The Kier molecular flexibility index (Phi) is 3.78. The largest absolute Gasteiger partial charge is 0.465 e. The molecule has 3 atom stereocenters. The van der Waals surface area contributed by atoms with E-state index in [4.69, 9.17) is 4.74 Å². The lowest BCUT2D eigenvalue weighted by molar-refractivity contribution is -0.117. The molecule has 2 saturated carbocycles. The predicted molar refractivity (Wildman–Crippen MR) is 77.8 cm³/mol. The SMILES string of the molecule is COC(=O)c1sccc1NC(=O)CC1CC2CCC1C2. The lowest BCUT2D eigenvalue weighted by Crippen LogP contribution is -2.20. The number of esters is 1. The lowest BCUT2D eigenvalue weighted by Gasteiger charge is -2.20. The van der Waals surface area contributed by atoms with E-state index in [1.807, 2.05) is 0 Å². The Morgan fingerprint density at radius 3 is 2.90 bits per heavy atom. The average molecular weight is 293 g/mol. The molecule has 20 heavy (non-hydrogen) atoms. The van der Waals surface area contributed by atoms with Gasteiger partial charge in [0.1, 0.15) is 4.88 Å². The minimum absolute atomic E-state index is 0.0195. The van der Waals surface area contributed by atoms with Crippen molar-refractivity contribution in [2.24, 2.45) is 17.8 Å². The third-order valence-electron chi connectivity index (χ3n) is 4.64. The first-order valence-corrected chi connectivity index (χ1v) is 8.01. The highest BCUT2D eigenvalue weighted by Gasteiger charge is 2.40. The Balaban J connectivity index is 1.59. The van der Waals surface area contributed by atoms with Crippen LogP contribution in [0.1, 0.15) is 41.8 Å². The third-order valence-corrected chi connectivity index (χ3v) is 5.54. The number of nitrogens with one attached hydrogen (secondary N) is 1. The topological polar surface area (TPSA) is 55.4 Å². The minimum atomic E-state index is -0.393. The van der Waals surface area contributed by atoms with Gasteiger partial charge in [0.2, 0.25) is 5.91 Å². The Morgan fingerprint density at radius 1 is 1.40 bits per heavy atom. The fraction of sp³-hybridized carbons (Fsp3) is 0.600. The van der Waals surface area contributed by atoms with Crippen molar-refractivity contribution in [1.82, 2.24) is 0 Å². The second-order valence-corrected chi connectivity index (χ2v) is 6.76. The van der Waals surface area contributed by atoms with Crippen molar-refractivity contribution in [3.05, 3.63) is 16.3 Å². The van der Waals surface area contributed by atoms with Crippen molar-refractivity contribution in [2.75, 3.05) is 12.4 Å². The number of carbonyl (C=O) groups is 2. The molecule has 1 amide bonds. The van der Waals surface area contributed by atoms with E-state index in [0.29, 0.717) is 22.9 Å². The molecule has 1 aromatic heterocycles. The Morgan fingerprint density at radius 2 is 2.25 bits per heavy atom. The van der Waals surface area contributed by atoms with Crippen LogP contribution in [0.2, 0.25) is 0 Å². The molecule has 5 heteroatoms. The number of carbonyl (C=O) groups excluding carboxylic acids is 2. The van der Waals surface area contributed by atoms with Crippen molar-refractivity contribution >= 4 is 28.9 Å². The van der Waals surface area contributed by atoms with Gasteiger partial charge in [0.15, 0.2) is 0 Å². The molecule has 1 heterocycles. The quantitative estimate of drug-likeness (QED) is 0.867. The van der Waals surface area contributed by atoms with Gasteiger partial charge in [-0.25, -0.2) is 4.79 Å². The maximum atomic E-state index is 12.1. The van der Waals surface area contributed by atoms with E-state index in [1.54, 1.807) is 11.4 Å². The van der Waals surface area contributed by atoms with Gasteiger partial charge in [-0.2, -0.15) is 0 Å². The molecular formula is C15H19NO3S. The smallest absolute Gasteiger partial charge is 0.350 e. The zero-order valence-corrected chi connectivity index (χ0v) is 12.4. The van der Waals surface area contributed by atoms with E-state index in [1.165, 1.54) is 44.1 Å². The van der Waals surface area contributed by atoms with Crippen LogP contribution < -0.4 is 5.32 Å². The fourth-order valence-corrected chi connectivity index (χ4v) is 4.49. The second-order valence-electron chi connectivity index (χ2n) is 5.84. The highest BCUT2D eigenvalue weighted by molar-refractivity contribution is 7.12. The molecule has 3 unspecified atom stereocenters. The molecular weight excluding hydrogens is 274 g/mol. The van der Waals surface area contributed by atoms with Crippen LogP contribution in [0.15, 0.2) is 11.4 Å². The van der Waals surface area contributed by atoms with Gasteiger partial charge in [0.05, 0.1) is 12.8 Å². The van der Waals surface area contributed by atoms with Gasteiger partial charge in [-0.1, -0.05) is 6.42 Å². The molecule has 0 saturated heterocycles. The number of thiophene rings is 1. The summed E-state index contributed by atoms with van der Waals surface area (Å²) in [5.41, 5.74) is 0.579. The summed E-state index contributed by atoms with van der Waals surface area (Å²) >= 11 is 1.29. The Hall–Kier alpha value is -1.36. The van der Waals surface area contributed by atoms with Gasteiger partial charge in [0.25, 0.3) is 0 Å². The zero-order valence-electron chi connectivity index (χ0n) is 11.6. The van der Waals surface area contributed by atoms with Gasteiger partial charge in [0, 0.05) is 6.42 Å². The summed E-state index contributed by atoms with van der Waals surface area (Å²) in [5, 5.41) is 4.65. The monoisotopic (exact) mass is 293 g/mol. The Bertz CT molecular complexity index is 525. The number of anilines is 1. The minimum Gasteiger partial charge on any atom is -0.465 e. The van der Waals surface area contributed by atoms with Crippen LogP contribution in [0.3, 0.4) is 0 Å². The highest BCUT2D eigenvalue weighted by Crippen LogP contribution is 2.49. The van der Waals surface area contributed by atoms with Gasteiger partial charge in [-0.05, 0) is 48.5 Å². The molecule has 0 aliphatic heterocycles. The van der Waals surface area contributed by atoms with E-state index >= 15 is 0 Å². The van der Waals surface area contributed by atoms with Crippen LogP contribution >= 0.6 is 11.3 Å². The van der Waals surface area contributed by atoms with E-state index in [9.17, 15) is 9.59 Å². The number of hydrogen-bond donors (Lipinski definition) is 1. The van der Waals surface area contributed by atoms with E-state index in [-0.39, 0.29) is 5.91 Å². The summed E-state index contributed by atoms with van der Waals surface area (Å²) in [5.74, 6) is 1.76. The molecule has 1 N–H and O–H groups in total. The summed E-state index contributed by atoms with van der Waals surface area (Å²) in [6.45, 7) is 0. The maximum Gasteiger partial charge on any atom is 0.350 e. The van der Waals surface area contributed by atoms with Crippen molar-refractivity contribution in [2.45, 2.75) is 32.1 Å². The predicted octanol–water partition coefficient (Wildman–Crippen LogP) is 3.30. The first kappa shape index (κ1) is 13.6. The molecule has 2 aliphatic rings. The molecule has 0 radical (unpaired) electrons. The molecule has 4 nitrogen and oxygen atoms in total. The molecule has 108 valence electrons. The van der Waals surface area contributed by atoms with Crippen molar-refractivity contribution in [3.63, 3.8) is 0 Å². The van der Waals surface area contributed by atoms with Crippen molar-refractivity contribution in [3.8, 4) is 0 Å². The van der Waals surface area contributed by atoms with Crippen molar-refractivity contribution < 1.29 is 14.3 Å². The number of amides is 1. The van der Waals surface area contributed by atoms with Gasteiger partial charge < -0.3 is 10.1 Å². The normalized spacial score (nSPS) is 27.6. The zero-order chi connectivity index (χ0) is 14.1. The van der Waals surface area contributed by atoms with Crippen LogP contribution in [-0.2, 0) is 9.53 Å². The van der Waals surface area contributed by atoms with Crippen LogP contribution in [0.25, 0.3) is 0 Å². The standard InChI is InChI=1S/C15H19NO3S/c1-19-15(18)14-12(4-5-20-14)16-13(17)8-11-7-9-2-3-10(11)6-9/h4-5,9-11H,2-3,6-8H2,1H3,(H,16,17). The molecule has 0 spiro atoms. The third kappa shape index (κ3) is 2.59. The number of methoxy groups -OCH3 is 1. The van der Waals surface area contributed by atoms with E-state index < -0.39 is 5.97 Å². The molecule has 1 aromatic rings. The molecule has 0 aromatic carbocycles. The molecule has 3 rings (SSSR count). The number of ether oxygens (including phenoxy) is 1. The first-order chi connectivity index (χ1) is 9.67. The fourth-order valence-electron chi connectivity index (χ4n) is 3.72. The number of hydrogen-bond acceptors (Lipinski definition) is 4. The van der Waals surface area contributed by atoms with E-state index in [2.05, 4.69) is 5.32 Å². The first-order valence-electron chi connectivity index (χ1n) is 7.13. The highest BCUT2D eigenvalue weighted by atomic mass is 32.1. The van der Waals surface area contributed by atoms with Crippen LogP contribution in [-0.4, -0.2) is 19.0 Å². The molecule has 2 fully saturated rings.